The molecule has 4 rings (SSSR count). The standard InChI is InChI=1S/C29H28Cl3N3O2S/c1-36-27-17-26(35(12-10-30)13-11-31)28(37-2)15-21(27)18-33-22-8-9-23(24(32)16-22)25-19-38-29(34-25)14-20-6-4-3-5-7-20/h3-9,15-19H,10-14H2,1-2H3. The number of nitrogens with zero attached hydrogens (tertiary/aromatic N) is 3. The first-order valence-electron chi connectivity index (χ1n) is 12.0. The maximum absolute atomic E-state index is 6.66. The molecule has 38 heavy (non-hydrogen) atoms. The molecule has 0 saturated carbocycles. The van der Waals surface area contributed by atoms with E-state index in [2.05, 4.69) is 22.0 Å². The van der Waals surface area contributed by atoms with Gasteiger partial charge in [-0.25, -0.2) is 4.98 Å². The molecule has 0 spiro atoms. The van der Waals surface area contributed by atoms with Crippen molar-refractivity contribution in [3.63, 3.8) is 0 Å². The molecular weight excluding hydrogens is 561 g/mol. The topological polar surface area (TPSA) is 47.0 Å². The van der Waals surface area contributed by atoms with E-state index in [9.17, 15) is 0 Å². The molecule has 0 saturated heterocycles. The Morgan fingerprint density at radius 2 is 1.68 bits per heavy atom. The van der Waals surface area contributed by atoms with Crippen molar-refractivity contribution in [2.24, 2.45) is 4.99 Å². The predicted octanol–water partition coefficient (Wildman–Crippen LogP) is 8.11. The van der Waals surface area contributed by atoms with Gasteiger partial charge in [-0.15, -0.1) is 34.5 Å². The third-order valence-electron chi connectivity index (χ3n) is 5.91. The van der Waals surface area contributed by atoms with Crippen molar-refractivity contribution < 1.29 is 9.47 Å². The lowest BCUT2D eigenvalue weighted by Crippen LogP contribution is -2.28. The number of aromatic nitrogens is 1. The molecule has 0 aliphatic rings. The van der Waals surface area contributed by atoms with Crippen LogP contribution in [0.2, 0.25) is 5.02 Å². The SMILES string of the molecule is COc1cc(N(CCCl)CCCl)c(OC)cc1C=Nc1ccc(-c2csc(Cc3ccccc3)n2)c(Cl)c1. The molecule has 0 radical (unpaired) electrons. The van der Waals surface area contributed by atoms with Crippen molar-refractivity contribution in [2.45, 2.75) is 6.42 Å². The van der Waals surface area contributed by atoms with Gasteiger partial charge >= 0.3 is 0 Å². The van der Waals surface area contributed by atoms with Crippen LogP contribution in [0.25, 0.3) is 11.3 Å². The number of rotatable bonds is 12. The molecule has 4 aromatic rings. The lowest BCUT2D eigenvalue weighted by Gasteiger charge is -2.26. The summed E-state index contributed by atoms with van der Waals surface area (Å²) in [5.41, 5.74) is 5.33. The fourth-order valence-electron chi connectivity index (χ4n) is 4.03. The highest BCUT2D eigenvalue weighted by Gasteiger charge is 2.16. The minimum absolute atomic E-state index is 0.470. The number of ether oxygens (including phenoxy) is 2. The van der Waals surface area contributed by atoms with Crippen molar-refractivity contribution >= 4 is 63.7 Å². The zero-order valence-corrected chi connectivity index (χ0v) is 24.2. The van der Waals surface area contributed by atoms with Gasteiger partial charge < -0.3 is 14.4 Å². The Bertz CT molecular complexity index is 1370. The molecule has 0 bridgehead atoms. The van der Waals surface area contributed by atoms with Crippen LogP contribution in [0.5, 0.6) is 11.5 Å². The Morgan fingerprint density at radius 1 is 0.947 bits per heavy atom. The van der Waals surface area contributed by atoms with Crippen molar-refractivity contribution in [2.75, 3.05) is 44.0 Å². The van der Waals surface area contributed by atoms with Gasteiger partial charge in [0.25, 0.3) is 0 Å². The van der Waals surface area contributed by atoms with E-state index in [1.807, 2.05) is 53.9 Å². The Balaban J connectivity index is 1.55. The largest absolute Gasteiger partial charge is 0.496 e. The summed E-state index contributed by atoms with van der Waals surface area (Å²) < 4.78 is 11.3. The average Bonchev–Trinajstić information content (AvgIpc) is 3.39. The van der Waals surface area contributed by atoms with Crippen LogP contribution in [0.15, 0.2) is 71.0 Å². The highest BCUT2D eigenvalue weighted by atomic mass is 35.5. The first kappa shape index (κ1) is 28.2. The molecule has 0 amide bonds. The molecule has 9 heteroatoms. The second-order valence-corrected chi connectivity index (χ2v) is 10.4. The number of aliphatic imine (C=N–C) groups is 1. The normalized spacial score (nSPS) is 11.2. The molecule has 1 heterocycles. The van der Waals surface area contributed by atoms with E-state index in [1.165, 1.54) is 5.56 Å². The van der Waals surface area contributed by atoms with Crippen LogP contribution < -0.4 is 14.4 Å². The maximum Gasteiger partial charge on any atom is 0.143 e. The van der Waals surface area contributed by atoms with E-state index in [-0.39, 0.29) is 0 Å². The van der Waals surface area contributed by atoms with E-state index in [1.54, 1.807) is 31.8 Å². The summed E-state index contributed by atoms with van der Waals surface area (Å²) in [6.07, 6.45) is 2.54. The zero-order chi connectivity index (χ0) is 26.9. The number of alkyl halides is 2. The monoisotopic (exact) mass is 587 g/mol. The summed E-state index contributed by atoms with van der Waals surface area (Å²) in [7, 11) is 3.26. The Morgan fingerprint density at radius 3 is 2.34 bits per heavy atom. The summed E-state index contributed by atoms with van der Waals surface area (Å²) in [5, 5.41) is 3.68. The van der Waals surface area contributed by atoms with Crippen LogP contribution in [0.1, 0.15) is 16.1 Å². The average molecular weight is 589 g/mol. The summed E-state index contributed by atoms with van der Waals surface area (Å²) in [6.45, 7) is 1.28. The van der Waals surface area contributed by atoms with E-state index >= 15 is 0 Å². The highest BCUT2D eigenvalue weighted by molar-refractivity contribution is 7.10. The van der Waals surface area contributed by atoms with Crippen LogP contribution in [0, 0.1) is 0 Å². The Labute approximate surface area is 242 Å². The first-order chi connectivity index (χ1) is 18.6. The van der Waals surface area contributed by atoms with Crippen LogP contribution >= 0.6 is 46.1 Å². The van der Waals surface area contributed by atoms with Gasteiger partial charge in [-0.3, -0.25) is 4.99 Å². The van der Waals surface area contributed by atoms with Gasteiger partial charge in [0.15, 0.2) is 0 Å². The van der Waals surface area contributed by atoms with Gasteiger partial charge in [0.1, 0.15) is 11.5 Å². The molecule has 0 unspecified atom stereocenters. The summed E-state index contributed by atoms with van der Waals surface area (Å²) in [4.78, 5) is 11.5. The van der Waals surface area contributed by atoms with Gasteiger partial charge in [-0.05, 0) is 29.8 Å². The molecule has 3 aromatic carbocycles. The van der Waals surface area contributed by atoms with E-state index in [0.29, 0.717) is 41.4 Å². The molecule has 198 valence electrons. The molecule has 5 nitrogen and oxygen atoms in total. The zero-order valence-electron chi connectivity index (χ0n) is 21.2. The third kappa shape index (κ3) is 7.00. The molecule has 0 N–H and O–H groups in total. The smallest absolute Gasteiger partial charge is 0.143 e. The number of hydrogen-bond donors (Lipinski definition) is 0. The predicted molar refractivity (Wildman–Crippen MR) is 162 cm³/mol. The first-order valence-corrected chi connectivity index (χ1v) is 14.3. The second kappa shape index (κ2) is 13.9. The van der Waals surface area contributed by atoms with E-state index in [4.69, 9.17) is 49.3 Å². The number of thiazole rings is 1. The molecule has 1 aromatic heterocycles. The van der Waals surface area contributed by atoms with Gasteiger partial charge in [0.05, 0.1) is 41.3 Å². The molecule has 0 fully saturated rings. The fourth-order valence-corrected chi connectivity index (χ4v) is 5.54. The minimum Gasteiger partial charge on any atom is -0.496 e. The third-order valence-corrected chi connectivity index (χ3v) is 7.41. The van der Waals surface area contributed by atoms with Crippen LogP contribution in [0.4, 0.5) is 11.4 Å². The van der Waals surface area contributed by atoms with E-state index < -0.39 is 0 Å². The van der Waals surface area contributed by atoms with Crippen LogP contribution in [-0.2, 0) is 6.42 Å². The number of benzene rings is 3. The second-order valence-electron chi connectivity index (χ2n) is 8.34. The quantitative estimate of drug-likeness (QED) is 0.124. The van der Waals surface area contributed by atoms with Gasteiger partial charge in [0, 0.05) is 60.1 Å². The summed E-state index contributed by atoms with van der Waals surface area (Å²) in [6, 6.07) is 19.8. The Hall–Kier alpha value is -2.77. The summed E-state index contributed by atoms with van der Waals surface area (Å²) >= 11 is 20.3. The number of halogens is 3. The van der Waals surface area contributed by atoms with Crippen molar-refractivity contribution in [1.82, 2.24) is 4.98 Å². The number of anilines is 1. The molecular formula is C29H28Cl3N3O2S. The van der Waals surface area contributed by atoms with Gasteiger partial charge in [-0.1, -0.05) is 41.9 Å². The minimum atomic E-state index is 0.470. The van der Waals surface area contributed by atoms with Crippen molar-refractivity contribution in [1.29, 1.82) is 0 Å². The number of hydrogen-bond acceptors (Lipinski definition) is 6. The van der Waals surface area contributed by atoms with Gasteiger partial charge in [-0.2, -0.15) is 0 Å². The van der Waals surface area contributed by atoms with Crippen LogP contribution in [0.3, 0.4) is 0 Å². The lowest BCUT2D eigenvalue weighted by molar-refractivity contribution is 0.402. The highest BCUT2D eigenvalue weighted by Crippen LogP contribution is 2.36. The number of methoxy groups -OCH3 is 2. The molecule has 0 atom stereocenters. The van der Waals surface area contributed by atoms with E-state index in [0.717, 1.165) is 39.6 Å². The molecule has 0 aliphatic carbocycles. The summed E-state index contributed by atoms with van der Waals surface area (Å²) in [5.74, 6) is 2.29. The lowest BCUT2D eigenvalue weighted by atomic mass is 10.1. The Kier molecular flexibility index (Phi) is 10.3. The van der Waals surface area contributed by atoms with Crippen LogP contribution in [-0.4, -0.2) is 50.3 Å². The van der Waals surface area contributed by atoms with Gasteiger partial charge in [0.2, 0.25) is 0 Å². The fraction of sp³-hybridized carbons (Fsp3) is 0.241. The molecule has 0 aliphatic heterocycles. The van der Waals surface area contributed by atoms with Crippen molar-refractivity contribution in [3.05, 3.63) is 87.2 Å². The maximum atomic E-state index is 6.66. The van der Waals surface area contributed by atoms with Crippen molar-refractivity contribution in [3.8, 4) is 22.8 Å².